The van der Waals surface area contributed by atoms with Crippen molar-refractivity contribution in [3.05, 3.63) is 23.3 Å². The highest BCUT2D eigenvalue weighted by atomic mass is 16.7. The first kappa shape index (κ1) is 8.38. The van der Waals surface area contributed by atoms with E-state index in [2.05, 4.69) is 6.92 Å². The Balaban J connectivity index is 2.53. The van der Waals surface area contributed by atoms with Crippen LogP contribution in [0.1, 0.15) is 18.1 Å². The van der Waals surface area contributed by atoms with Gasteiger partial charge in [0.25, 0.3) is 0 Å². The zero-order valence-electron chi connectivity index (χ0n) is 7.67. The molecule has 0 saturated heterocycles. The van der Waals surface area contributed by atoms with Crippen molar-refractivity contribution in [1.82, 2.24) is 0 Å². The maximum atomic E-state index is 5.62. The van der Waals surface area contributed by atoms with Crippen molar-refractivity contribution in [2.45, 2.75) is 19.9 Å². The molecule has 1 aliphatic heterocycles. The van der Waals surface area contributed by atoms with Crippen LogP contribution in [-0.4, -0.2) is 6.79 Å². The molecule has 2 rings (SSSR count). The van der Waals surface area contributed by atoms with Gasteiger partial charge in [0.2, 0.25) is 6.79 Å². The molecule has 13 heavy (non-hydrogen) atoms. The Hall–Kier alpha value is -1.22. The number of hydrogen-bond donors (Lipinski definition) is 1. The Kier molecular flexibility index (Phi) is 2.10. The lowest BCUT2D eigenvalue weighted by atomic mass is 10.0. The molecular formula is C10H13NO2. The van der Waals surface area contributed by atoms with Crippen molar-refractivity contribution >= 4 is 0 Å². The van der Waals surface area contributed by atoms with Crippen molar-refractivity contribution in [2.75, 3.05) is 6.79 Å². The first-order chi connectivity index (χ1) is 6.36. The van der Waals surface area contributed by atoms with Crippen molar-refractivity contribution in [1.29, 1.82) is 0 Å². The lowest BCUT2D eigenvalue weighted by molar-refractivity contribution is 0.173. The largest absolute Gasteiger partial charge is 0.454 e. The van der Waals surface area contributed by atoms with E-state index in [-0.39, 0.29) is 0 Å². The van der Waals surface area contributed by atoms with Crippen molar-refractivity contribution < 1.29 is 9.47 Å². The van der Waals surface area contributed by atoms with E-state index >= 15 is 0 Å². The van der Waals surface area contributed by atoms with Gasteiger partial charge >= 0.3 is 0 Å². The standard InChI is InChI=1S/C10H13NO2/c1-2-8-7(5-11)3-4-9-10(8)13-6-12-9/h3-4H,2,5-6,11H2,1H3. The lowest BCUT2D eigenvalue weighted by Crippen LogP contribution is -2.01. The smallest absolute Gasteiger partial charge is 0.231 e. The van der Waals surface area contributed by atoms with Crippen molar-refractivity contribution in [3.63, 3.8) is 0 Å². The second kappa shape index (κ2) is 3.26. The molecule has 3 heteroatoms. The molecule has 0 aliphatic carbocycles. The van der Waals surface area contributed by atoms with Crippen molar-refractivity contribution in [2.24, 2.45) is 5.73 Å². The van der Waals surface area contributed by atoms with E-state index in [9.17, 15) is 0 Å². The van der Waals surface area contributed by atoms with Gasteiger partial charge in [-0.2, -0.15) is 0 Å². The summed E-state index contributed by atoms with van der Waals surface area (Å²) in [6.45, 7) is 2.98. The fourth-order valence-corrected chi connectivity index (χ4v) is 1.65. The fraction of sp³-hybridized carbons (Fsp3) is 0.400. The molecule has 70 valence electrons. The first-order valence-electron chi connectivity index (χ1n) is 4.47. The number of benzene rings is 1. The normalized spacial score (nSPS) is 13.4. The Morgan fingerprint density at radius 1 is 1.38 bits per heavy atom. The second-order valence-corrected chi connectivity index (χ2v) is 2.99. The van der Waals surface area contributed by atoms with E-state index in [1.54, 1.807) is 0 Å². The van der Waals surface area contributed by atoms with Gasteiger partial charge in [-0.25, -0.2) is 0 Å². The third-order valence-electron chi connectivity index (χ3n) is 2.31. The van der Waals surface area contributed by atoms with Gasteiger partial charge in [0.15, 0.2) is 11.5 Å². The molecule has 0 aromatic heterocycles. The molecule has 1 aliphatic rings. The highest BCUT2D eigenvalue weighted by molar-refractivity contribution is 5.52. The molecule has 0 spiro atoms. The summed E-state index contributed by atoms with van der Waals surface area (Å²) in [4.78, 5) is 0. The molecule has 0 radical (unpaired) electrons. The number of rotatable bonds is 2. The van der Waals surface area contributed by atoms with E-state index in [0.29, 0.717) is 13.3 Å². The van der Waals surface area contributed by atoms with E-state index in [1.165, 1.54) is 5.56 Å². The Morgan fingerprint density at radius 3 is 2.92 bits per heavy atom. The second-order valence-electron chi connectivity index (χ2n) is 2.99. The molecule has 0 saturated carbocycles. The third kappa shape index (κ3) is 1.25. The molecule has 0 bridgehead atoms. The van der Waals surface area contributed by atoms with Gasteiger partial charge in [-0.05, 0) is 18.1 Å². The Labute approximate surface area is 77.5 Å². The molecule has 1 aromatic carbocycles. The van der Waals surface area contributed by atoms with Gasteiger partial charge in [-0.3, -0.25) is 0 Å². The van der Waals surface area contributed by atoms with Crippen LogP contribution in [0.3, 0.4) is 0 Å². The summed E-state index contributed by atoms with van der Waals surface area (Å²) in [5.74, 6) is 1.72. The summed E-state index contributed by atoms with van der Waals surface area (Å²) in [7, 11) is 0. The summed E-state index contributed by atoms with van der Waals surface area (Å²) in [6, 6.07) is 3.93. The van der Waals surface area contributed by atoms with E-state index in [4.69, 9.17) is 15.2 Å². The van der Waals surface area contributed by atoms with Crippen molar-refractivity contribution in [3.8, 4) is 11.5 Å². The summed E-state index contributed by atoms with van der Waals surface area (Å²) in [5, 5.41) is 0. The molecule has 0 atom stereocenters. The predicted octanol–water partition coefficient (Wildman–Crippen LogP) is 1.44. The van der Waals surface area contributed by atoms with Crippen LogP contribution in [0.4, 0.5) is 0 Å². The number of nitrogens with two attached hydrogens (primary N) is 1. The van der Waals surface area contributed by atoms with E-state index in [0.717, 1.165) is 23.5 Å². The highest BCUT2D eigenvalue weighted by Crippen LogP contribution is 2.37. The molecule has 0 unspecified atom stereocenters. The maximum absolute atomic E-state index is 5.62. The minimum Gasteiger partial charge on any atom is -0.454 e. The zero-order valence-corrected chi connectivity index (χ0v) is 7.67. The summed E-state index contributed by atoms with van der Waals surface area (Å²) < 4.78 is 10.7. The topological polar surface area (TPSA) is 44.5 Å². The Bertz CT molecular complexity index is 323. The van der Waals surface area contributed by atoms with E-state index in [1.807, 2.05) is 12.1 Å². The molecule has 1 aromatic rings. The van der Waals surface area contributed by atoms with Crippen LogP contribution in [-0.2, 0) is 13.0 Å². The molecule has 0 amide bonds. The summed E-state index contributed by atoms with van der Waals surface area (Å²) in [6.07, 6.45) is 0.930. The predicted molar refractivity (Wildman–Crippen MR) is 49.8 cm³/mol. The van der Waals surface area contributed by atoms with Crippen LogP contribution in [0.5, 0.6) is 11.5 Å². The van der Waals surface area contributed by atoms with E-state index < -0.39 is 0 Å². The van der Waals surface area contributed by atoms with Crippen LogP contribution < -0.4 is 15.2 Å². The average Bonchev–Trinajstić information content (AvgIpc) is 2.63. The van der Waals surface area contributed by atoms with Crippen LogP contribution in [0, 0.1) is 0 Å². The number of fused-ring (bicyclic) bond motifs is 1. The zero-order chi connectivity index (χ0) is 9.26. The number of hydrogen-bond acceptors (Lipinski definition) is 3. The molecular weight excluding hydrogens is 166 g/mol. The van der Waals surface area contributed by atoms with Crippen LogP contribution in [0.25, 0.3) is 0 Å². The minimum atomic E-state index is 0.330. The van der Waals surface area contributed by atoms with Gasteiger partial charge in [0.05, 0.1) is 0 Å². The fourth-order valence-electron chi connectivity index (χ4n) is 1.65. The van der Waals surface area contributed by atoms with Gasteiger partial charge in [0.1, 0.15) is 0 Å². The number of ether oxygens (including phenoxy) is 2. The van der Waals surface area contributed by atoms with Gasteiger partial charge in [0, 0.05) is 12.1 Å². The van der Waals surface area contributed by atoms with Crippen LogP contribution in [0.15, 0.2) is 12.1 Å². The molecule has 3 nitrogen and oxygen atoms in total. The molecule has 2 N–H and O–H groups in total. The highest BCUT2D eigenvalue weighted by Gasteiger charge is 2.18. The SMILES string of the molecule is CCc1c(CN)ccc2c1OCO2. The minimum absolute atomic E-state index is 0.330. The molecule has 1 heterocycles. The van der Waals surface area contributed by atoms with Gasteiger partial charge in [-0.1, -0.05) is 13.0 Å². The molecule has 0 fully saturated rings. The van der Waals surface area contributed by atoms with Gasteiger partial charge < -0.3 is 15.2 Å². The Morgan fingerprint density at radius 2 is 2.23 bits per heavy atom. The average molecular weight is 179 g/mol. The lowest BCUT2D eigenvalue weighted by Gasteiger charge is -2.08. The third-order valence-corrected chi connectivity index (χ3v) is 2.31. The first-order valence-corrected chi connectivity index (χ1v) is 4.47. The van der Waals surface area contributed by atoms with Crippen LogP contribution >= 0.6 is 0 Å². The van der Waals surface area contributed by atoms with Crippen LogP contribution in [0.2, 0.25) is 0 Å². The maximum Gasteiger partial charge on any atom is 0.231 e. The monoisotopic (exact) mass is 179 g/mol. The summed E-state index contributed by atoms with van der Waals surface area (Å²) in [5.41, 5.74) is 7.95. The van der Waals surface area contributed by atoms with Gasteiger partial charge in [-0.15, -0.1) is 0 Å². The summed E-state index contributed by atoms with van der Waals surface area (Å²) >= 11 is 0. The quantitative estimate of drug-likeness (QED) is 0.747.